The maximum atomic E-state index is 2.24. The third-order valence-corrected chi connectivity index (χ3v) is 2.59. The number of allylic oxidation sites excluding steroid dienone is 4. The summed E-state index contributed by atoms with van der Waals surface area (Å²) in [5.74, 6) is 0.653. The molecule has 0 fully saturated rings. The summed E-state index contributed by atoms with van der Waals surface area (Å²) in [5, 5.41) is 0. The maximum absolute atomic E-state index is 2.24. The first kappa shape index (κ1) is 12.8. The van der Waals surface area contributed by atoms with E-state index < -0.39 is 0 Å². The van der Waals surface area contributed by atoms with Gasteiger partial charge in [0, 0.05) is 0 Å². The van der Waals surface area contributed by atoms with Crippen molar-refractivity contribution >= 4 is 0 Å². The summed E-state index contributed by atoms with van der Waals surface area (Å²) >= 11 is 0. The molecule has 0 spiro atoms. The van der Waals surface area contributed by atoms with Crippen LogP contribution >= 0.6 is 0 Å². The van der Waals surface area contributed by atoms with Crippen molar-refractivity contribution in [2.75, 3.05) is 0 Å². The highest BCUT2D eigenvalue weighted by atomic mass is 14.0. The Kier molecular flexibility index (Phi) is 5.63. The number of aryl methyl sites for hydroxylation is 1. The molecule has 1 aliphatic rings. The van der Waals surface area contributed by atoms with E-state index in [9.17, 15) is 0 Å². The Labute approximate surface area is 99.7 Å². The van der Waals surface area contributed by atoms with E-state index in [4.69, 9.17) is 0 Å². The molecule has 0 saturated heterocycles. The average molecular weight is 214 g/mol. The van der Waals surface area contributed by atoms with Crippen molar-refractivity contribution in [1.82, 2.24) is 0 Å². The highest BCUT2D eigenvalue weighted by molar-refractivity contribution is 5.24. The van der Waals surface area contributed by atoms with Crippen LogP contribution in [0.25, 0.3) is 0 Å². The Morgan fingerprint density at radius 2 is 1.62 bits per heavy atom. The van der Waals surface area contributed by atoms with Crippen molar-refractivity contribution in [3.05, 3.63) is 59.7 Å². The fraction of sp³-hybridized carbons (Fsp3) is 0.375. The predicted octanol–water partition coefficient (Wildman–Crippen LogP) is 5.01. The van der Waals surface area contributed by atoms with Crippen LogP contribution in [0.3, 0.4) is 0 Å². The molecule has 0 radical (unpaired) electrons. The number of rotatable bonds is 1. The van der Waals surface area contributed by atoms with E-state index in [1.165, 1.54) is 24.0 Å². The first-order chi connectivity index (χ1) is 7.70. The molecule has 0 heterocycles. The van der Waals surface area contributed by atoms with Crippen LogP contribution in [0.4, 0.5) is 0 Å². The fourth-order valence-corrected chi connectivity index (χ4v) is 1.57. The molecule has 0 aliphatic heterocycles. The van der Waals surface area contributed by atoms with Crippen molar-refractivity contribution < 1.29 is 0 Å². The van der Waals surface area contributed by atoms with Crippen molar-refractivity contribution in [3.8, 4) is 0 Å². The van der Waals surface area contributed by atoms with Gasteiger partial charge in [-0.15, -0.1) is 0 Å². The van der Waals surface area contributed by atoms with Crippen molar-refractivity contribution in [1.29, 1.82) is 0 Å². The van der Waals surface area contributed by atoms with E-state index in [2.05, 4.69) is 69.3 Å². The van der Waals surface area contributed by atoms with E-state index in [0.717, 1.165) is 0 Å². The molecular weight excluding hydrogens is 192 g/mol. The first-order valence-corrected chi connectivity index (χ1v) is 6.08. The lowest BCUT2D eigenvalue weighted by Gasteiger charge is -2.04. The maximum Gasteiger partial charge on any atom is -0.0219 e. The largest absolute Gasteiger partial charge is 0.0842 e. The lowest BCUT2D eigenvalue weighted by Crippen LogP contribution is -1.86. The summed E-state index contributed by atoms with van der Waals surface area (Å²) in [4.78, 5) is 0. The second-order valence-electron chi connectivity index (χ2n) is 4.50. The molecule has 1 aliphatic carbocycles. The summed E-state index contributed by atoms with van der Waals surface area (Å²) in [6.45, 7) is 6.56. The molecule has 0 N–H and O–H groups in total. The molecular formula is C16H22. The molecule has 0 aromatic heterocycles. The molecule has 16 heavy (non-hydrogen) atoms. The minimum absolute atomic E-state index is 0.653. The van der Waals surface area contributed by atoms with E-state index in [-0.39, 0.29) is 0 Å². The summed E-state index contributed by atoms with van der Waals surface area (Å²) in [5.41, 5.74) is 2.78. The van der Waals surface area contributed by atoms with Crippen molar-refractivity contribution in [2.24, 2.45) is 0 Å². The molecule has 0 heteroatoms. The Morgan fingerprint density at radius 3 is 1.94 bits per heavy atom. The van der Waals surface area contributed by atoms with Gasteiger partial charge in [0.05, 0.1) is 0 Å². The van der Waals surface area contributed by atoms with Crippen LogP contribution < -0.4 is 0 Å². The summed E-state index contributed by atoms with van der Waals surface area (Å²) in [6, 6.07) is 8.67. The van der Waals surface area contributed by atoms with Crippen LogP contribution in [0.15, 0.2) is 48.6 Å². The van der Waals surface area contributed by atoms with Crippen molar-refractivity contribution in [2.45, 2.75) is 39.5 Å². The molecule has 0 unspecified atom stereocenters. The summed E-state index contributed by atoms with van der Waals surface area (Å²) < 4.78 is 0. The molecule has 0 atom stereocenters. The normalized spacial score (nSPS) is 13.5. The van der Waals surface area contributed by atoms with Gasteiger partial charge in [0.2, 0.25) is 0 Å². The van der Waals surface area contributed by atoms with Crippen LogP contribution in [0.2, 0.25) is 0 Å². The standard InChI is InChI=1S/C10H14.C6H8/c1-8(2)10-6-4-5-9(3)7-10;1-2-4-6-5-3-1/h4-8H,1-3H3;1-4H,5-6H2. The molecule has 0 nitrogen and oxygen atoms in total. The lowest BCUT2D eigenvalue weighted by molar-refractivity contribution is 0.865. The molecule has 1 aromatic carbocycles. The monoisotopic (exact) mass is 214 g/mol. The van der Waals surface area contributed by atoms with E-state index in [1.807, 2.05) is 0 Å². The van der Waals surface area contributed by atoms with Crippen molar-refractivity contribution in [3.63, 3.8) is 0 Å². The first-order valence-electron chi connectivity index (χ1n) is 6.08. The van der Waals surface area contributed by atoms with E-state index in [1.54, 1.807) is 0 Å². The van der Waals surface area contributed by atoms with Gasteiger partial charge in [-0.05, 0) is 31.2 Å². The molecule has 2 rings (SSSR count). The number of hydrogen-bond donors (Lipinski definition) is 0. The van der Waals surface area contributed by atoms with Gasteiger partial charge in [-0.1, -0.05) is 68.0 Å². The minimum atomic E-state index is 0.653. The molecule has 86 valence electrons. The van der Waals surface area contributed by atoms with Crippen LogP contribution in [-0.4, -0.2) is 0 Å². The second kappa shape index (κ2) is 7.05. The zero-order valence-electron chi connectivity index (χ0n) is 10.6. The second-order valence-corrected chi connectivity index (χ2v) is 4.50. The van der Waals surface area contributed by atoms with Crippen LogP contribution in [0.5, 0.6) is 0 Å². The zero-order chi connectivity index (χ0) is 11.8. The SMILES string of the molecule is C1=CCCC=C1.Cc1cccc(C(C)C)c1. The van der Waals surface area contributed by atoms with Gasteiger partial charge < -0.3 is 0 Å². The highest BCUT2D eigenvalue weighted by Crippen LogP contribution is 2.14. The van der Waals surface area contributed by atoms with Crippen LogP contribution in [0, 0.1) is 6.92 Å². The quantitative estimate of drug-likeness (QED) is 0.616. The van der Waals surface area contributed by atoms with Gasteiger partial charge in [0.15, 0.2) is 0 Å². The zero-order valence-corrected chi connectivity index (χ0v) is 10.6. The number of benzene rings is 1. The fourth-order valence-electron chi connectivity index (χ4n) is 1.57. The Balaban J connectivity index is 0.000000181. The third-order valence-electron chi connectivity index (χ3n) is 2.59. The van der Waals surface area contributed by atoms with E-state index >= 15 is 0 Å². The van der Waals surface area contributed by atoms with E-state index in [0.29, 0.717) is 5.92 Å². The molecule has 1 aromatic rings. The topological polar surface area (TPSA) is 0 Å². The van der Waals surface area contributed by atoms with Gasteiger partial charge in [-0.25, -0.2) is 0 Å². The Morgan fingerprint density at radius 1 is 1.00 bits per heavy atom. The summed E-state index contributed by atoms with van der Waals surface area (Å²) in [7, 11) is 0. The number of hydrogen-bond acceptors (Lipinski definition) is 0. The van der Waals surface area contributed by atoms with Crippen LogP contribution in [-0.2, 0) is 0 Å². The van der Waals surface area contributed by atoms with Gasteiger partial charge in [-0.3, -0.25) is 0 Å². The molecule has 0 saturated carbocycles. The van der Waals surface area contributed by atoms with Gasteiger partial charge in [0.25, 0.3) is 0 Å². The van der Waals surface area contributed by atoms with Crippen LogP contribution in [0.1, 0.15) is 43.7 Å². The highest BCUT2D eigenvalue weighted by Gasteiger charge is 1.96. The molecule has 0 bridgehead atoms. The minimum Gasteiger partial charge on any atom is -0.0842 e. The van der Waals surface area contributed by atoms with Gasteiger partial charge >= 0.3 is 0 Å². The lowest BCUT2D eigenvalue weighted by atomic mass is 10.0. The molecule has 0 amide bonds. The van der Waals surface area contributed by atoms with Gasteiger partial charge in [0.1, 0.15) is 0 Å². The third kappa shape index (κ3) is 4.97. The Hall–Kier alpha value is -1.30. The smallest absolute Gasteiger partial charge is 0.0219 e. The Bertz CT molecular complexity index is 344. The average Bonchev–Trinajstić information content (AvgIpc) is 2.32. The van der Waals surface area contributed by atoms with Gasteiger partial charge in [-0.2, -0.15) is 0 Å². The predicted molar refractivity (Wildman–Crippen MR) is 72.8 cm³/mol. The summed E-state index contributed by atoms with van der Waals surface area (Å²) in [6.07, 6.45) is 11.0.